The second-order valence-electron chi connectivity index (χ2n) is 4.54. The molecule has 0 saturated carbocycles. The predicted molar refractivity (Wildman–Crippen MR) is 92.6 cm³/mol. The highest BCUT2D eigenvalue weighted by Crippen LogP contribution is 2.27. The number of carbonyl (C=O) groups is 1. The van der Waals surface area contributed by atoms with Crippen LogP contribution >= 0.6 is 34.4 Å². The molecule has 0 fully saturated rings. The highest BCUT2D eigenvalue weighted by atomic mass is 32.2. The number of hydrogen-bond acceptors (Lipinski definition) is 8. The van der Waals surface area contributed by atoms with Gasteiger partial charge in [0.1, 0.15) is 0 Å². The number of thioether (sulfide) groups is 1. The predicted octanol–water partition coefficient (Wildman–Crippen LogP) is 3.16. The van der Waals surface area contributed by atoms with E-state index in [0.717, 1.165) is 14.6 Å². The molecular weight excluding hydrogens is 338 g/mol. The molecule has 2 heterocycles. The fourth-order valence-corrected chi connectivity index (χ4v) is 4.40. The summed E-state index contributed by atoms with van der Waals surface area (Å²) in [6.07, 6.45) is 0.388. The van der Waals surface area contributed by atoms with Crippen LogP contribution in [0.25, 0.3) is 10.2 Å². The van der Waals surface area contributed by atoms with Crippen molar-refractivity contribution in [2.24, 2.45) is 0 Å². The molecule has 0 saturated heterocycles. The van der Waals surface area contributed by atoms with Gasteiger partial charge in [-0.05, 0) is 24.6 Å². The number of aromatic nitrogens is 3. The zero-order valence-electron chi connectivity index (χ0n) is 11.7. The van der Waals surface area contributed by atoms with Gasteiger partial charge in [-0.1, -0.05) is 40.5 Å². The van der Waals surface area contributed by atoms with Crippen molar-refractivity contribution < 1.29 is 4.79 Å². The number of anilines is 2. The SMILES string of the molecule is Cc1ccc2nc(NC(=O)CCSc3nnc(N)s3)sc2c1. The number of fused-ring (bicyclic) bond motifs is 1. The van der Waals surface area contributed by atoms with Crippen molar-refractivity contribution >= 4 is 60.8 Å². The van der Waals surface area contributed by atoms with Crippen LogP contribution < -0.4 is 11.1 Å². The Hall–Kier alpha value is -1.71. The van der Waals surface area contributed by atoms with Crippen LogP contribution in [0.2, 0.25) is 0 Å². The summed E-state index contributed by atoms with van der Waals surface area (Å²) in [6, 6.07) is 6.04. The third kappa shape index (κ3) is 3.73. The van der Waals surface area contributed by atoms with E-state index in [1.807, 2.05) is 19.1 Å². The first-order valence-corrected chi connectivity index (χ1v) is 9.11. The zero-order chi connectivity index (χ0) is 15.5. The number of thiazole rings is 1. The van der Waals surface area contributed by atoms with Crippen molar-refractivity contribution in [2.75, 3.05) is 16.8 Å². The van der Waals surface area contributed by atoms with E-state index in [1.54, 1.807) is 0 Å². The molecule has 1 aromatic carbocycles. The average Bonchev–Trinajstić information content (AvgIpc) is 3.04. The molecule has 9 heteroatoms. The minimum absolute atomic E-state index is 0.0548. The van der Waals surface area contributed by atoms with Gasteiger partial charge in [0.2, 0.25) is 11.0 Å². The van der Waals surface area contributed by atoms with Gasteiger partial charge in [0.05, 0.1) is 10.2 Å². The van der Waals surface area contributed by atoms with Crippen LogP contribution in [-0.4, -0.2) is 26.8 Å². The Kier molecular flexibility index (Phi) is 4.55. The lowest BCUT2D eigenvalue weighted by Gasteiger charge is -1.99. The van der Waals surface area contributed by atoms with E-state index >= 15 is 0 Å². The third-order valence-corrected chi connectivity index (χ3v) is 5.59. The summed E-state index contributed by atoms with van der Waals surface area (Å²) >= 11 is 4.28. The van der Waals surface area contributed by atoms with Crippen LogP contribution in [0.4, 0.5) is 10.3 Å². The molecule has 2 aromatic heterocycles. The quantitative estimate of drug-likeness (QED) is 0.686. The minimum atomic E-state index is -0.0548. The van der Waals surface area contributed by atoms with Gasteiger partial charge in [-0.2, -0.15) is 0 Å². The normalized spacial score (nSPS) is 11.0. The van der Waals surface area contributed by atoms with E-state index in [4.69, 9.17) is 5.73 Å². The van der Waals surface area contributed by atoms with Gasteiger partial charge in [-0.3, -0.25) is 4.79 Å². The highest BCUT2D eigenvalue weighted by molar-refractivity contribution is 8.01. The third-order valence-electron chi connectivity index (χ3n) is 2.77. The lowest BCUT2D eigenvalue weighted by molar-refractivity contribution is -0.115. The van der Waals surface area contributed by atoms with E-state index in [2.05, 4.69) is 26.6 Å². The Morgan fingerprint density at radius 2 is 2.23 bits per heavy atom. The van der Waals surface area contributed by atoms with Gasteiger partial charge in [0.15, 0.2) is 9.47 Å². The number of nitrogens with two attached hydrogens (primary N) is 1. The van der Waals surface area contributed by atoms with E-state index in [9.17, 15) is 4.79 Å². The molecule has 3 N–H and O–H groups in total. The molecule has 0 radical (unpaired) electrons. The molecule has 0 unspecified atom stereocenters. The Bertz CT molecular complexity index is 813. The number of amides is 1. The highest BCUT2D eigenvalue weighted by Gasteiger charge is 2.09. The number of nitrogens with zero attached hydrogens (tertiary/aromatic N) is 3. The molecule has 114 valence electrons. The van der Waals surface area contributed by atoms with Crippen molar-refractivity contribution in [3.05, 3.63) is 23.8 Å². The molecule has 3 aromatic rings. The Labute approximate surface area is 139 Å². The maximum absolute atomic E-state index is 11.9. The number of aryl methyl sites for hydroxylation is 1. The Morgan fingerprint density at radius 1 is 1.36 bits per heavy atom. The van der Waals surface area contributed by atoms with Crippen LogP contribution in [0.5, 0.6) is 0 Å². The smallest absolute Gasteiger partial charge is 0.226 e. The summed E-state index contributed by atoms with van der Waals surface area (Å²) < 4.78 is 1.86. The van der Waals surface area contributed by atoms with E-state index < -0.39 is 0 Å². The number of benzene rings is 1. The van der Waals surface area contributed by atoms with Crippen molar-refractivity contribution in [1.29, 1.82) is 0 Å². The van der Waals surface area contributed by atoms with Gasteiger partial charge in [0.25, 0.3) is 0 Å². The Morgan fingerprint density at radius 3 is 3.00 bits per heavy atom. The molecule has 0 atom stereocenters. The van der Waals surface area contributed by atoms with Crippen LogP contribution in [0, 0.1) is 6.92 Å². The zero-order valence-corrected chi connectivity index (χ0v) is 14.1. The maximum atomic E-state index is 11.9. The van der Waals surface area contributed by atoms with Gasteiger partial charge >= 0.3 is 0 Å². The van der Waals surface area contributed by atoms with Gasteiger partial charge in [-0.25, -0.2) is 4.98 Å². The summed E-state index contributed by atoms with van der Waals surface area (Å²) in [6.45, 7) is 2.04. The summed E-state index contributed by atoms with van der Waals surface area (Å²) in [5, 5.41) is 11.5. The van der Waals surface area contributed by atoms with Crippen LogP contribution in [-0.2, 0) is 4.79 Å². The lowest BCUT2D eigenvalue weighted by Crippen LogP contribution is -2.11. The van der Waals surface area contributed by atoms with Crippen molar-refractivity contribution in [3.63, 3.8) is 0 Å². The van der Waals surface area contributed by atoms with Crippen molar-refractivity contribution in [2.45, 2.75) is 17.7 Å². The first-order valence-electron chi connectivity index (χ1n) is 6.49. The largest absolute Gasteiger partial charge is 0.374 e. The second kappa shape index (κ2) is 6.59. The molecule has 0 spiro atoms. The number of hydrogen-bond donors (Lipinski definition) is 2. The first kappa shape index (κ1) is 15.2. The van der Waals surface area contributed by atoms with Gasteiger partial charge in [-0.15, -0.1) is 10.2 Å². The number of carbonyl (C=O) groups excluding carboxylic acids is 1. The van der Waals surface area contributed by atoms with Crippen LogP contribution in [0.1, 0.15) is 12.0 Å². The molecule has 0 aliphatic carbocycles. The average molecular weight is 351 g/mol. The molecule has 6 nitrogen and oxygen atoms in total. The van der Waals surface area contributed by atoms with E-state index in [1.165, 1.54) is 40.0 Å². The molecule has 0 aliphatic heterocycles. The minimum Gasteiger partial charge on any atom is -0.374 e. The van der Waals surface area contributed by atoms with Crippen molar-refractivity contribution in [3.8, 4) is 0 Å². The molecule has 0 aliphatic rings. The van der Waals surface area contributed by atoms with Crippen molar-refractivity contribution in [1.82, 2.24) is 15.2 Å². The van der Waals surface area contributed by atoms with Gasteiger partial charge in [0, 0.05) is 12.2 Å². The van der Waals surface area contributed by atoms with Crippen LogP contribution in [0.15, 0.2) is 22.5 Å². The Balaban J connectivity index is 1.54. The summed E-state index contributed by atoms with van der Waals surface area (Å²) in [5.74, 6) is 0.575. The standard InChI is InChI=1S/C13H13N5OS3/c1-7-2-3-8-9(6-7)21-12(15-8)16-10(19)4-5-20-13-18-17-11(14)22-13/h2-3,6H,4-5H2,1H3,(H2,14,17)(H,15,16,19). The molecule has 0 bridgehead atoms. The van der Waals surface area contributed by atoms with E-state index in [0.29, 0.717) is 22.4 Å². The fourth-order valence-electron chi connectivity index (χ4n) is 1.78. The molecular formula is C13H13N5OS3. The first-order chi connectivity index (χ1) is 10.6. The number of rotatable bonds is 5. The monoisotopic (exact) mass is 351 g/mol. The molecule has 1 amide bonds. The number of nitrogen functional groups attached to an aromatic ring is 1. The topological polar surface area (TPSA) is 93.8 Å². The molecule has 3 rings (SSSR count). The fraction of sp³-hybridized carbons (Fsp3) is 0.231. The number of nitrogens with one attached hydrogen (secondary N) is 1. The molecule has 22 heavy (non-hydrogen) atoms. The van der Waals surface area contributed by atoms with E-state index in [-0.39, 0.29) is 5.91 Å². The summed E-state index contributed by atoms with van der Waals surface area (Å²) in [7, 11) is 0. The summed E-state index contributed by atoms with van der Waals surface area (Å²) in [5.41, 5.74) is 7.59. The van der Waals surface area contributed by atoms with Gasteiger partial charge < -0.3 is 11.1 Å². The maximum Gasteiger partial charge on any atom is 0.226 e. The summed E-state index contributed by atoms with van der Waals surface area (Å²) in [4.78, 5) is 16.3. The lowest BCUT2D eigenvalue weighted by atomic mass is 10.2. The second-order valence-corrected chi connectivity index (χ2v) is 7.92. The van der Waals surface area contributed by atoms with Crippen LogP contribution in [0.3, 0.4) is 0 Å².